The number of hydrogen-bond acceptors (Lipinski definition) is 5. The molecule has 0 fully saturated rings. The highest BCUT2D eigenvalue weighted by Gasteiger charge is 2.17. The molecule has 5 N–H and O–H groups in total. The van der Waals surface area contributed by atoms with Crippen molar-refractivity contribution in [2.75, 3.05) is 24.2 Å². The first kappa shape index (κ1) is 14.7. The third-order valence-electron chi connectivity index (χ3n) is 2.99. The number of carbonyl (C=O) groups excluding carboxylic acids is 1. The third-order valence-corrected chi connectivity index (χ3v) is 2.99. The van der Waals surface area contributed by atoms with Crippen LogP contribution in [0.2, 0.25) is 0 Å². The Bertz CT molecular complexity index is 651. The van der Waals surface area contributed by atoms with Gasteiger partial charge in [-0.25, -0.2) is 0 Å². The van der Waals surface area contributed by atoms with Gasteiger partial charge in [0.15, 0.2) is 0 Å². The first-order valence-electron chi connectivity index (χ1n) is 6.54. The predicted octanol–water partition coefficient (Wildman–Crippen LogP) is 0.901. The lowest BCUT2D eigenvalue weighted by Crippen LogP contribution is -2.18. The molecule has 1 aromatic heterocycles. The minimum atomic E-state index is -0.500. The van der Waals surface area contributed by atoms with Crippen molar-refractivity contribution in [3.05, 3.63) is 35.5 Å². The second kappa shape index (κ2) is 6.17. The lowest BCUT2D eigenvalue weighted by molar-refractivity contribution is 0.100. The Balaban J connectivity index is 1.94. The maximum absolute atomic E-state index is 11.4. The summed E-state index contributed by atoms with van der Waals surface area (Å²) in [6.07, 6.45) is 0. The van der Waals surface area contributed by atoms with E-state index in [4.69, 9.17) is 16.2 Å². The zero-order valence-corrected chi connectivity index (χ0v) is 12.1. The number of nitrogen functional groups attached to an aromatic ring is 1. The number of anilines is 2. The van der Waals surface area contributed by atoms with Crippen molar-refractivity contribution in [1.29, 1.82) is 0 Å². The molecule has 0 spiro atoms. The Hall–Kier alpha value is -2.70. The maximum Gasteiger partial charge on any atom is 0.254 e. The zero-order valence-electron chi connectivity index (χ0n) is 12.1. The number of nitrogens with two attached hydrogens (primary N) is 2. The van der Waals surface area contributed by atoms with Crippen molar-refractivity contribution >= 4 is 17.4 Å². The highest BCUT2D eigenvalue weighted by Crippen LogP contribution is 2.18. The molecule has 1 heterocycles. The van der Waals surface area contributed by atoms with Crippen LogP contribution in [0, 0.1) is 6.92 Å². The summed E-state index contributed by atoms with van der Waals surface area (Å²) in [5, 5.41) is 7.29. The zero-order chi connectivity index (χ0) is 15.4. The summed E-state index contributed by atoms with van der Waals surface area (Å²) < 4.78 is 7.16. The monoisotopic (exact) mass is 289 g/mol. The summed E-state index contributed by atoms with van der Waals surface area (Å²) in [6.45, 7) is 2.68. The standard InChI is InChI=1S/C14H19N5O2/c1-9-12(13(16)20)14(19(2)18-9)17-6-7-21-11-5-3-4-10(15)8-11/h3-5,8,17H,6-7,15H2,1-2H3,(H2,16,20). The molecule has 2 rings (SSSR count). The van der Waals surface area contributed by atoms with Crippen molar-refractivity contribution in [2.24, 2.45) is 12.8 Å². The van der Waals surface area contributed by atoms with E-state index in [0.717, 1.165) is 0 Å². The molecule has 0 bridgehead atoms. The molecule has 0 aliphatic carbocycles. The molecule has 21 heavy (non-hydrogen) atoms. The van der Waals surface area contributed by atoms with Crippen LogP contribution in [0.1, 0.15) is 16.1 Å². The number of nitrogens with zero attached hydrogens (tertiary/aromatic N) is 2. The van der Waals surface area contributed by atoms with E-state index >= 15 is 0 Å². The summed E-state index contributed by atoms with van der Waals surface area (Å²) in [4.78, 5) is 11.4. The molecule has 0 aliphatic heterocycles. The third kappa shape index (κ3) is 3.44. The molecule has 0 aliphatic rings. The molecule has 0 radical (unpaired) electrons. The average Bonchev–Trinajstić information content (AvgIpc) is 2.69. The number of hydrogen-bond donors (Lipinski definition) is 3. The van der Waals surface area contributed by atoms with Crippen molar-refractivity contribution in [1.82, 2.24) is 9.78 Å². The molecule has 7 heteroatoms. The average molecular weight is 289 g/mol. The molecule has 0 saturated carbocycles. The van der Waals surface area contributed by atoms with Gasteiger partial charge in [0, 0.05) is 18.8 Å². The second-order valence-corrected chi connectivity index (χ2v) is 4.64. The molecule has 112 valence electrons. The lowest BCUT2D eigenvalue weighted by Gasteiger charge is -2.10. The van der Waals surface area contributed by atoms with Gasteiger partial charge in [-0.15, -0.1) is 0 Å². The number of nitrogens with one attached hydrogen (secondary N) is 1. The Labute approximate surface area is 122 Å². The Morgan fingerprint density at radius 1 is 1.48 bits per heavy atom. The van der Waals surface area contributed by atoms with Crippen LogP contribution in [-0.2, 0) is 7.05 Å². The van der Waals surface area contributed by atoms with Gasteiger partial charge in [0.05, 0.1) is 12.2 Å². The number of ether oxygens (including phenoxy) is 1. The van der Waals surface area contributed by atoms with Crippen LogP contribution in [0.5, 0.6) is 5.75 Å². The van der Waals surface area contributed by atoms with Gasteiger partial charge in [-0.3, -0.25) is 9.48 Å². The lowest BCUT2D eigenvalue weighted by atomic mass is 10.2. The van der Waals surface area contributed by atoms with Crippen LogP contribution in [0.3, 0.4) is 0 Å². The highest BCUT2D eigenvalue weighted by atomic mass is 16.5. The number of aryl methyl sites for hydroxylation is 2. The number of primary amides is 1. The molecule has 0 atom stereocenters. The summed E-state index contributed by atoms with van der Waals surface area (Å²) in [7, 11) is 1.75. The first-order chi connectivity index (χ1) is 9.99. The van der Waals surface area contributed by atoms with Crippen LogP contribution >= 0.6 is 0 Å². The van der Waals surface area contributed by atoms with Crippen LogP contribution < -0.4 is 21.5 Å². The van der Waals surface area contributed by atoms with Gasteiger partial charge in [0.1, 0.15) is 23.7 Å². The fourth-order valence-corrected chi connectivity index (χ4v) is 2.10. The van der Waals surface area contributed by atoms with Crippen LogP contribution in [0.4, 0.5) is 11.5 Å². The Morgan fingerprint density at radius 2 is 2.24 bits per heavy atom. The first-order valence-corrected chi connectivity index (χ1v) is 6.54. The maximum atomic E-state index is 11.4. The topological polar surface area (TPSA) is 108 Å². The van der Waals surface area contributed by atoms with E-state index in [9.17, 15) is 4.79 Å². The fourth-order valence-electron chi connectivity index (χ4n) is 2.10. The number of amides is 1. The summed E-state index contributed by atoms with van der Waals surface area (Å²) in [5.41, 5.74) is 12.7. The fraction of sp³-hybridized carbons (Fsp3) is 0.286. The van der Waals surface area contributed by atoms with Gasteiger partial charge in [0.2, 0.25) is 0 Å². The molecule has 7 nitrogen and oxygen atoms in total. The Kier molecular flexibility index (Phi) is 4.32. The highest BCUT2D eigenvalue weighted by molar-refractivity contribution is 5.98. The number of carbonyl (C=O) groups is 1. The normalized spacial score (nSPS) is 10.4. The smallest absolute Gasteiger partial charge is 0.254 e. The summed E-state index contributed by atoms with van der Waals surface area (Å²) in [6, 6.07) is 7.21. The molecule has 0 unspecified atom stereocenters. The summed E-state index contributed by atoms with van der Waals surface area (Å²) >= 11 is 0. The molecule has 0 saturated heterocycles. The molecule has 2 aromatic rings. The van der Waals surface area contributed by atoms with E-state index in [2.05, 4.69) is 10.4 Å². The number of aromatic nitrogens is 2. The summed E-state index contributed by atoms with van der Waals surface area (Å²) in [5.74, 6) is 0.795. The predicted molar refractivity (Wildman–Crippen MR) is 81.3 cm³/mol. The van der Waals surface area contributed by atoms with E-state index in [0.29, 0.717) is 41.7 Å². The molecule has 1 aromatic carbocycles. The van der Waals surface area contributed by atoms with Crippen LogP contribution in [0.15, 0.2) is 24.3 Å². The van der Waals surface area contributed by atoms with Crippen LogP contribution in [-0.4, -0.2) is 28.8 Å². The van der Waals surface area contributed by atoms with Gasteiger partial charge < -0.3 is 21.5 Å². The second-order valence-electron chi connectivity index (χ2n) is 4.64. The quantitative estimate of drug-likeness (QED) is 0.541. The SMILES string of the molecule is Cc1nn(C)c(NCCOc2cccc(N)c2)c1C(N)=O. The van der Waals surface area contributed by atoms with Crippen molar-refractivity contribution < 1.29 is 9.53 Å². The minimum absolute atomic E-state index is 0.404. The van der Waals surface area contributed by atoms with Gasteiger partial charge >= 0.3 is 0 Å². The van der Waals surface area contributed by atoms with E-state index in [1.165, 1.54) is 0 Å². The van der Waals surface area contributed by atoms with Crippen molar-refractivity contribution in [3.8, 4) is 5.75 Å². The van der Waals surface area contributed by atoms with Gasteiger partial charge in [-0.05, 0) is 19.1 Å². The van der Waals surface area contributed by atoms with E-state index < -0.39 is 5.91 Å². The van der Waals surface area contributed by atoms with E-state index in [1.807, 2.05) is 12.1 Å². The number of benzene rings is 1. The van der Waals surface area contributed by atoms with E-state index in [-0.39, 0.29) is 0 Å². The largest absolute Gasteiger partial charge is 0.492 e. The molecule has 1 amide bonds. The van der Waals surface area contributed by atoms with Gasteiger partial charge in [0.25, 0.3) is 5.91 Å². The van der Waals surface area contributed by atoms with Crippen LogP contribution in [0.25, 0.3) is 0 Å². The van der Waals surface area contributed by atoms with E-state index in [1.54, 1.807) is 30.8 Å². The molecular weight excluding hydrogens is 270 g/mol. The van der Waals surface area contributed by atoms with Crippen molar-refractivity contribution in [3.63, 3.8) is 0 Å². The number of rotatable bonds is 6. The van der Waals surface area contributed by atoms with Crippen molar-refractivity contribution in [2.45, 2.75) is 6.92 Å². The Morgan fingerprint density at radius 3 is 2.90 bits per heavy atom. The minimum Gasteiger partial charge on any atom is -0.492 e. The van der Waals surface area contributed by atoms with Gasteiger partial charge in [-0.1, -0.05) is 6.07 Å². The molecular formula is C14H19N5O2. The van der Waals surface area contributed by atoms with Gasteiger partial charge in [-0.2, -0.15) is 5.10 Å².